The van der Waals surface area contributed by atoms with Gasteiger partial charge in [-0.2, -0.15) is 4.68 Å². The Balaban J connectivity index is 1.90. The molecule has 0 radical (unpaired) electrons. The molecule has 24 heavy (non-hydrogen) atoms. The van der Waals surface area contributed by atoms with Crippen molar-refractivity contribution in [3.05, 3.63) is 84.8 Å². The minimum atomic E-state index is -0.286. The molecule has 0 saturated heterocycles. The standard InChI is InChI=1S/C19H13FN4/c20-16-11-9-15(10-12-16)19-22-18(14-6-2-1-3-7-14)23-24(19)17-8-4-5-13-21-17/h1-13H. The monoisotopic (exact) mass is 316 g/mol. The number of aromatic nitrogens is 4. The van der Waals surface area contributed by atoms with Crippen LogP contribution < -0.4 is 0 Å². The molecule has 2 heterocycles. The number of halogens is 1. The van der Waals surface area contributed by atoms with Gasteiger partial charge in [0.2, 0.25) is 0 Å². The summed E-state index contributed by atoms with van der Waals surface area (Å²) >= 11 is 0. The number of rotatable bonds is 3. The van der Waals surface area contributed by atoms with Crippen LogP contribution in [0.5, 0.6) is 0 Å². The molecule has 0 spiro atoms. The molecular weight excluding hydrogens is 303 g/mol. The Morgan fingerprint density at radius 3 is 2.21 bits per heavy atom. The number of hydrogen-bond donors (Lipinski definition) is 0. The van der Waals surface area contributed by atoms with Crippen molar-refractivity contribution in [1.29, 1.82) is 0 Å². The summed E-state index contributed by atoms with van der Waals surface area (Å²) in [5, 5.41) is 4.60. The van der Waals surface area contributed by atoms with Gasteiger partial charge in [0.15, 0.2) is 17.5 Å². The van der Waals surface area contributed by atoms with Crippen LogP contribution in [-0.2, 0) is 0 Å². The highest BCUT2D eigenvalue weighted by Gasteiger charge is 2.15. The van der Waals surface area contributed by atoms with Gasteiger partial charge in [-0.25, -0.2) is 14.4 Å². The van der Waals surface area contributed by atoms with Crippen LogP contribution in [0.1, 0.15) is 0 Å². The van der Waals surface area contributed by atoms with Crippen molar-refractivity contribution < 1.29 is 4.39 Å². The van der Waals surface area contributed by atoms with Crippen LogP contribution in [0.3, 0.4) is 0 Å². The van der Waals surface area contributed by atoms with Crippen molar-refractivity contribution in [2.75, 3.05) is 0 Å². The summed E-state index contributed by atoms with van der Waals surface area (Å²) in [4.78, 5) is 8.99. The molecular formula is C19H13FN4. The van der Waals surface area contributed by atoms with Crippen molar-refractivity contribution in [2.45, 2.75) is 0 Å². The van der Waals surface area contributed by atoms with E-state index in [2.05, 4.69) is 15.1 Å². The normalized spacial score (nSPS) is 10.7. The van der Waals surface area contributed by atoms with Crippen molar-refractivity contribution in [3.63, 3.8) is 0 Å². The summed E-state index contributed by atoms with van der Waals surface area (Å²) < 4.78 is 14.9. The molecule has 4 rings (SSSR count). The van der Waals surface area contributed by atoms with Crippen molar-refractivity contribution in [1.82, 2.24) is 19.7 Å². The van der Waals surface area contributed by atoms with Crippen LogP contribution in [-0.4, -0.2) is 19.7 Å². The molecule has 0 N–H and O–H groups in total. The van der Waals surface area contributed by atoms with Gasteiger partial charge in [-0.15, -0.1) is 5.10 Å². The van der Waals surface area contributed by atoms with Crippen LogP contribution in [0.25, 0.3) is 28.6 Å². The molecule has 116 valence electrons. The van der Waals surface area contributed by atoms with Crippen LogP contribution >= 0.6 is 0 Å². The van der Waals surface area contributed by atoms with E-state index < -0.39 is 0 Å². The lowest BCUT2D eigenvalue weighted by atomic mass is 10.2. The Hall–Kier alpha value is -3.34. The molecule has 0 aliphatic heterocycles. The fourth-order valence-corrected chi connectivity index (χ4v) is 2.45. The lowest BCUT2D eigenvalue weighted by Crippen LogP contribution is -2.01. The number of nitrogens with zero attached hydrogens (tertiary/aromatic N) is 4. The lowest BCUT2D eigenvalue weighted by Gasteiger charge is -2.04. The molecule has 0 aliphatic carbocycles. The Labute approximate surface area is 138 Å². The van der Waals surface area contributed by atoms with Gasteiger partial charge in [0.05, 0.1) is 0 Å². The summed E-state index contributed by atoms with van der Waals surface area (Å²) in [7, 11) is 0. The average Bonchev–Trinajstić information content (AvgIpc) is 3.09. The third-order valence-corrected chi connectivity index (χ3v) is 3.61. The molecule has 2 aromatic carbocycles. The van der Waals surface area contributed by atoms with E-state index in [0.29, 0.717) is 17.5 Å². The third kappa shape index (κ3) is 2.67. The van der Waals surface area contributed by atoms with Gasteiger partial charge < -0.3 is 0 Å². The van der Waals surface area contributed by atoms with E-state index in [9.17, 15) is 4.39 Å². The smallest absolute Gasteiger partial charge is 0.182 e. The molecule has 0 atom stereocenters. The maximum absolute atomic E-state index is 13.2. The number of hydrogen-bond acceptors (Lipinski definition) is 3. The molecule has 4 nitrogen and oxygen atoms in total. The zero-order valence-corrected chi connectivity index (χ0v) is 12.7. The summed E-state index contributed by atoms with van der Waals surface area (Å²) in [5.41, 5.74) is 1.69. The highest BCUT2D eigenvalue weighted by atomic mass is 19.1. The summed E-state index contributed by atoms with van der Waals surface area (Å²) in [6.45, 7) is 0. The van der Waals surface area contributed by atoms with E-state index >= 15 is 0 Å². The van der Waals surface area contributed by atoms with Gasteiger partial charge >= 0.3 is 0 Å². The van der Waals surface area contributed by atoms with Gasteiger partial charge in [-0.05, 0) is 36.4 Å². The molecule has 0 unspecified atom stereocenters. The first-order chi connectivity index (χ1) is 11.8. The molecule has 0 saturated carbocycles. The molecule has 4 aromatic rings. The maximum atomic E-state index is 13.2. The van der Waals surface area contributed by atoms with Gasteiger partial charge in [0.25, 0.3) is 0 Å². The Morgan fingerprint density at radius 2 is 1.50 bits per heavy atom. The Morgan fingerprint density at radius 1 is 0.750 bits per heavy atom. The van der Waals surface area contributed by atoms with Crippen molar-refractivity contribution in [3.8, 4) is 28.6 Å². The second-order valence-corrected chi connectivity index (χ2v) is 5.23. The van der Waals surface area contributed by atoms with Crippen molar-refractivity contribution in [2.24, 2.45) is 0 Å². The fraction of sp³-hybridized carbons (Fsp3) is 0. The minimum Gasteiger partial charge on any atom is -0.237 e. The van der Waals surface area contributed by atoms with Gasteiger partial charge in [0, 0.05) is 17.3 Å². The molecule has 0 aliphatic rings. The molecule has 0 amide bonds. The van der Waals surface area contributed by atoms with Gasteiger partial charge in [0.1, 0.15) is 5.82 Å². The van der Waals surface area contributed by atoms with Crippen LogP contribution in [0.15, 0.2) is 79.0 Å². The first-order valence-electron chi connectivity index (χ1n) is 7.51. The Bertz CT molecular complexity index is 948. The quantitative estimate of drug-likeness (QED) is 0.570. The van der Waals surface area contributed by atoms with E-state index in [0.717, 1.165) is 11.1 Å². The van der Waals surface area contributed by atoms with Crippen LogP contribution in [0, 0.1) is 5.82 Å². The highest BCUT2D eigenvalue weighted by Crippen LogP contribution is 2.24. The summed E-state index contributed by atoms with van der Waals surface area (Å²) in [6, 6.07) is 21.5. The van der Waals surface area contributed by atoms with Gasteiger partial charge in [-0.1, -0.05) is 36.4 Å². The topological polar surface area (TPSA) is 43.6 Å². The highest BCUT2D eigenvalue weighted by molar-refractivity contribution is 5.63. The van der Waals surface area contributed by atoms with Crippen LogP contribution in [0.2, 0.25) is 0 Å². The predicted octanol–water partition coefficient (Wildman–Crippen LogP) is 4.14. The fourth-order valence-electron chi connectivity index (χ4n) is 2.45. The minimum absolute atomic E-state index is 0.286. The SMILES string of the molecule is Fc1ccc(-c2nc(-c3ccccc3)nn2-c2ccccn2)cc1. The predicted molar refractivity (Wildman–Crippen MR) is 90.0 cm³/mol. The van der Waals surface area contributed by atoms with E-state index in [-0.39, 0.29) is 5.82 Å². The zero-order valence-electron chi connectivity index (χ0n) is 12.7. The lowest BCUT2D eigenvalue weighted by molar-refractivity contribution is 0.628. The number of benzene rings is 2. The third-order valence-electron chi connectivity index (χ3n) is 3.61. The second-order valence-electron chi connectivity index (χ2n) is 5.23. The largest absolute Gasteiger partial charge is 0.237 e. The molecule has 0 fully saturated rings. The first kappa shape index (κ1) is 14.3. The van der Waals surface area contributed by atoms with Gasteiger partial charge in [-0.3, -0.25) is 0 Å². The van der Waals surface area contributed by atoms with Crippen molar-refractivity contribution >= 4 is 0 Å². The second kappa shape index (κ2) is 6.04. The first-order valence-corrected chi connectivity index (χ1v) is 7.51. The summed E-state index contributed by atoms with van der Waals surface area (Å²) in [5.74, 6) is 1.59. The van der Waals surface area contributed by atoms with E-state index in [4.69, 9.17) is 0 Å². The Kier molecular flexibility index (Phi) is 3.59. The number of pyridine rings is 1. The maximum Gasteiger partial charge on any atom is 0.182 e. The van der Waals surface area contributed by atoms with E-state index in [1.54, 1.807) is 23.0 Å². The van der Waals surface area contributed by atoms with Crippen LogP contribution in [0.4, 0.5) is 4.39 Å². The summed E-state index contributed by atoms with van der Waals surface area (Å²) in [6.07, 6.45) is 1.70. The molecule has 5 heteroatoms. The van der Waals surface area contributed by atoms with E-state index in [1.165, 1.54) is 12.1 Å². The van der Waals surface area contributed by atoms with E-state index in [1.807, 2.05) is 48.5 Å². The molecule has 2 aromatic heterocycles. The zero-order chi connectivity index (χ0) is 16.4. The molecule has 0 bridgehead atoms. The average molecular weight is 316 g/mol.